The number of hydrogen-bond acceptors (Lipinski definition) is 8. The molecule has 154 valence electrons. The van der Waals surface area contributed by atoms with E-state index in [-0.39, 0.29) is 13.1 Å². The van der Waals surface area contributed by atoms with Crippen molar-refractivity contribution in [2.24, 2.45) is 11.5 Å². The molecule has 27 heavy (non-hydrogen) atoms. The molecule has 0 saturated heterocycles. The van der Waals surface area contributed by atoms with Gasteiger partial charge in [0.2, 0.25) is 11.7 Å². The number of amides is 1. The molecule has 0 fully saturated rings. The average Bonchev–Trinajstić information content (AvgIpc) is 2.60. The Balaban J connectivity index is 3.40. The number of aliphatic hydroxyl groups is 3. The van der Waals surface area contributed by atoms with Gasteiger partial charge in [0.25, 0.3) is 0 Å². The van der Waals surface area contributed by atoms with Crippen LogP contribution < -0.4 is 16.8 Å². The van der Waals surface area contributed by atoms with E-state index in [1.54, 1.807) is 0 Å². The summed E-state index contributed by atoms with van der Waals surface area (Å²) in [6.45, 7) is 0.857. The second kappa shape index (κ2) is 10.1. The summed E-state index contributed by atoms with van der Waals surface area (Å²) < 4.78 is 5.27. The number of nitrogens with two attached hydrogens (primary N) is 2. The molecule has 0 spiro atoms. The van der Waals surface area contributed by atoms with E-state index in [4.69, 9.17) is 26.7 Å². The lowest BCUT2D eigenvalue weighted by Crippen LogP contribution is -2.65. The molecule has 12 nitrogen and oxygen atoms in total. The number of aliphatic carboxylic acids is 1. The third-order valence-corrected chi connectivity index (χ3v) is 4.08. The molecule has 0 saturated carbocycles. The van der Waals surface area contributed by atoms with Crippen molar-refractivity contribution in [1.82, 2.24) is 10.2 Å². The van der Waals surface area contributed by atoms with E-state index in [0.717, 1.165) is 6.08 Å². The van der Waals surface area contributed by atoms with Gasteiger partial charge in [-0.2, -0.15) is 0 Å². The van der Waals surface area contributed by atoms with Crippen LogP contribution in [0.15, 0.2) is 11.8 Å². The van der Waals surface area contributed by atoms with Crippen LogP contribution in [0.25, 0.3) is 0 Å². The third kappa shape index (κ3) is 5.79. The lowest BCUT2D eigenvalue weighted by atomic mass is 9.91. The van der Waals surface area contributed by atoms with Crippen molar-refractivity contribution in [3.63, 3.8) is 0 Å². The maximum Gasteiger partial charge on any atom is 0.370 e. The largest absolute Gasteiger partial charge is 0.478 e. The maximum atomic E-state index is 11.7. The zero-order chi connectivity index (χ0) is 20.7. The van der Waals surface area contributed by atoms with Crippen LogP contribution in [0.1, 0.15) is 13.3 Å². The summed E-state index contributed by atoms with van der Waals surface area (Å²) in [5.41, 5.74) is 11.1. The number of aliphatic hydroxyl groups excluding tert-OH is 3. The van der Waals surface area contributed by atoms with E-state index >= 15 is 0 Å². The van der Waals surface area contributed by atoms with Gasteiger partial charge < -0.3 is 46.8 Å². The highest BCUT2D eigenvalue weighted by Crippen LogP contribution is 2.26. The Morgan fingerprint density at radius 1 is 1.44 bits per heavy atom. The van der Waals surface area contributed by atoms with Crippen LogP contribution in [0.2, 0.25) is 0 Å². The lowest BCUT2D eigenvalue weighted by molar-refractivity contribution is -0.147. The van der Waals surface area contributed by atoms with Crippen LogP contribution in [-0.4, -0.2) is 93.3 Å². The van der Waals surface area contributed by atoms with Gasteiger partial charge in [0.1, 0.15) is 18.3 Å². The van der Waals surface area contributed by atoms with Crippen molar-refractivity contribution in [3.8, 4) is 0 Å². The van der Waals surface area contributed by atoms with E-state index in [2.05, 4.69) is 5.32 Å². The Hall–Kier alpha value is -2.41. The first-order chi connectivity index (χ1) is 12.6. The van der Waals surface area contributed by atoms with Crippen LogP contribution in [0.3, 0.4) is 0 Å². The first-order valence-corrected chi connectivity index (χ1v) is 8.30. The zero-order valence-electron chi connectivity index (χ0n) is 14.9. The fourth-order valence-electron chi connectivity index (χ4n) is 2.82. The van der Waals surface area contributed by atoms with E-state index in [0.29, 0.717) is 6.42 Å². The molecule has 0 bridgehead atoms. The quantitative estimate of drug-likeness (QED) is 0.144. The Morgan fingerprint density at radius 2 is 2.07 bits per heavy atom. The summed E-state index contributed by atoms with van der Waals surface area (Å²) in [7, 11) is 0. The number of hydrogen-bond donors (Lipinski definition) is 8. The second-order valence-corrected chi connectivity index (χ2v) is 6.10. The van der Waals surface area contributed by atoms with Crippen molar-refractivity contribution in [2.45, 2.75) is 43.7 Å². The summed E-state index contributed by atoms with van der Waals surface area (Å²) in [5.74, 6) is -2.91. The Morgan fingerprint density at radius 3 is 2.52 bits per heavy atom. The van der Waals surface area contributed by atoms with Crippen molar-refractivity contribution in [2.75, 3.05) is 19.7 Å². The molecule has 1 aliphatic rings. The topological polar surface area (TPSA) is 215 Å². The first kappa shape index (κ1) is 22.6. The molecular weight excluding hydrogens is 362 g/mol. The molecule has 10 N–H and O–H groups in total. The fraction of sp³-hybridized carbons (Fsp3) is 0.667. The second-order valence-electron chi connectivity index (χ2n) is 6.10. The average molecular weight is 389 g/mol. The van der Waals surface area contributed by atoms with E-state index in [1.807, 2.05) is 0 Å². The van der Waals surface area contributed by atoms with Crippen molar-refractivity contribution >= 4 is 17.8 Å². The Labute approximate surface area is 155 Å². The molecule has 0 aliphatic carbocycles. The first-order valence-electron chi connectivity index (χ1n) is 8.30. The van der Waals surface area contributed by atoms with Crippen molar-refractivity contribution in [3.05, 3.63) is 11.8 Å². The van der Waals surface area contributed by atoms with Crippen LogP contribution in [-0.2, 0) is 14.3 Å². The normalized spacial score (nSPS) is 24.2. The highest BCUT2D eigenvalue weighted by Gasteiger charge is 2.45. The number of ether oxygens (including phenoxy) is 1. The smallest absolute Gasteiger partial charge is 0.370 e. The summed E-state index contributed by atoms with van der Waals surface area (Å²) >= 11 is 0. The molecule has 0 radical (unpaired) electrons. The van der Waals surface area contributed by atoms with Gasteiger partial charge >= 0.3 is 5.97 Å². The zero-order valence-corrected chi connectivity index (χ0v) is 14.9. The van der Waals surface area contributed by atoms with Crippen molar-refractivity contribution in [1.29, 1.82) is 5.41 Å². The monoisotopic (exact) mass is 389 g/mol. The summed E-state index contributed by atoms with van der Waals surface area (Å²) in [4.78, 5) is 24.4. The summed E-state index contributed by atoms with van der Waals surface area (Å²) in [5, 5.41) is 48.8. The van der Waals surface area contributed by atoms with Crippen molar-refractivity contribution < 1.29 is 34.8 Å². The highest BCUT2D eigenvalue weighted by atomic mass is 16.5. The minimum Gasteiger partial charge on any atom is -0.478 e. The summed E-state index contributed by atoms with van der Waals surface area (Å²) in [6, 6.07) is -2.04. The molecule has 0 unspecified atom stereocenters. The number of carbonyl (C=O) groups excluding carboxylic acids is 1. The van der Waals surface area contributed by atoms with Gasteiger partial charge in [-0.25, -0.2) is 4.79 Å². The number of nitrogens with one attached hydrogen (secondary N) is 2. The molecule has 1 rings (SSSR count). The van der Waals surface area contributed by atoms with Gasteiger partial charge in [-0.05, 0) is 19.0 Å². The molecule has 1 amide bonds. The number of carbonyl (C=O) groups is 2. The van der Waals surface area contributed by atoms with Gasteiger partial charge in [0.15, 0.2) is 5.96 Å². The summed E-state index contributed by atoms with van der Waals surface area (Å²) in [6.07, 6.45) is -3.20. The fourth-order valence-corrected chi connectivity index (χ4v) is 2.82. The van der Waals surface area contributed by atoms with E-state index < -0.39 is 60.6 Å². The van der Waals surface area contributed by atoms with Crippen LogP contribution in [0, 0.1) is 5.41 Å². The number of carboxylic acid groups (broad SMARTS) is 1. The molecule has 0 aromatic rings. The van der Waals surface area contributed by atoms with E-state index in [9.17, 15) is 24.9 Å². The number of guanidine groups is 1. The minimum absolute atomic E-state index is 0.182. The standard InChI is InChI=1S/C15H27N5O7/c1-7(22)19-11-8(20(15(17)18)4-2-3-16)5-10(14(25)26)27-13(11)12(24)9(23)6-21/h5,8-9,11-13,21,23-24H,2-4,6,16H2,1H3,(H3,17,18)(H,19,22)(H,25,26)/t8-,9+,11+,12+,13+/m0/s1. The van der Waals surface area contributed by atoms with Gasteiger partial charge in [-0.15, -0.1) is 0 Å². The predicted molar refractivity (Wildman–Crippen MR) is 93.4 cm³/mol. The van der Waals surface area contributed by atoms with Gasteiger partial charge in [-0.1, -0.05) is 0 Å². The van der Waals surface area contributed by atoms with E-state index in [1.165, 1.54) is 11.8 Å². The predicted octanol–water partition coefficient (Wildman–Crippen LogP) is -3.51. The van der Waals surface area contributed by atoms with Gasteiger partial charge in [0.05, 0.1) is 18.7 Å². The van der Waals surface area contributed by atoms with Gasteiger partial charge in [-0.3, -0.25) is 10.2 Å². The van der Waals surface area contributed by atoms with Crippen LogP contribution in [0.5, 0.6) is 0 Å². The molecule has 0 aromatic carbocycles. The van der Waals surface area contributed by atoms with Crippen LogP contribution >= 0.6 is 0 Å². The lowest BCUT2D eigenvalue weighted by Gasteiger charge is -2.44. The molecule has 5 atom stereocenters. The molecule has 12 heteroatoms. The molecule has 0 aromatic heterocycles. The SMILES string of the molecule is CC(=O)N[C@H]1[C@H]([C@H](O)[C@H](O)CO)OC(C(=O)O)=C[C@@H]1N(CCCN)C(=N)N. The Kier molecular flexibility index (Phi) is 8.43. The highest BCUT2D eigenvalue weighted by molar-refractivity contribution is 5.85. The third-order valence-electron chi connectivity index (χ3n) is 4.08. The minimum atomic E-state index is -1.72. The van der Waals surface area contributed by atoms with Crippen LogP contribution in [0.4, 0.5) is 0 Å². The Bertz CT molecular complexity index is 585. The number of carboxylic acids is 1. The molecule has 1 aliphatic heterocycles. The molecular formula is C15H27N5O7. The molecule has 1 heterocycles. The number of nitrogens with zero attached hydrogens (tertiary/aromatic N) is 1. The number of rotatable bonds is 9. The maximum absolute atomic E-state index is 11.7. The van der Waals surface area contributed by atoms with Gasteiger partial charge in [0, 0.05) is 13.5 Å².